The van der Waals surface area contributed by atoms with Crippen molar-refractivity contribution in [1.82, 2.24) is 10.6 Å². The van der Waals surface area contributed by atoms with Crippen LogP contribution in [-0.4, -0.2) is 17.9 Å². The number of amides is 2. The van der Waals surface area contributed by atoms with Crippen molar-refractivity contribution in [2.24, 2.45) is 0 Å². The third-order valence-corrected chi connectivity index (χ3v) is 3.89. The van der Waals surface area contributed by atoms with Crippen LogP contribution in [0.2, 0.25) is 5.02 Å². The van der Waals surface area contributed by atoms with Gasteiger partial charge in [0.2, 0.25) is 5.91 Å². The molecule has 2 N–H and O–H groups in total. The van der Waals surface area contributed by atoms with Crippen LogP contribution in [0.15, 0.2) is 42.5 Å². The minimum Gasteiger partial charge on any atom is -0.350 e. The lowest BCUT2D eigenvalue weighted by Crippen LogP contribution is -2.44. The molecule has 2 aromatic carbocycles. The summed E-state index contributed by atoms with van der Waals surface area (Å²) in [7, 11) is 0. The Labute approximate surface area is 145 Å². The van der Waals surface area contributed by atoms with E-state index in [2.05, 4.69) is 10.6 Å². The largest absolute Gasteiger partial charge is 0.350 e. The molecule has 6 heteroatoms. The van der Waals surface area contributed by atoms with Crippen LogP contribution in [0.25, 0.3) is 0 Å². The Morgan fingerprint density at radius 3 is 2.58 bits per heavy atom. The van der Waals surface area contributed by atoms with Crippen LogP contribution in [0.1, 0.15) is 28.4 Å². The van der Waals surface area contributed by atoms with E-state index in [0.717, 1.165) is 0 Å². The number of hydrogen-bond donors (Lipinski definition) is 2. The molecule has 126 valence electrons. The molecule has 2 rings (SSSR count). The first-order chi connectivity index (χ1) is 11.4. The average molecular weight is 349 g/mol. The summed E-state index contributed by atoms with van der Waals surface area (Å²) in [5.74, 6) is -1.11. The van der Waals surface area contributed by atoms with Gasteiger partial charge in [0.15, 0.2) is 0 Å². The molecular weight excluding hydrogens is 331 g/mol. The van der Waals surface area contributed by atoms with Crippen molar-refractivity contribution < 1.29 is 14.0 Å². The van der Waals surface area contributed by atoms with Gasteiger partial charge in [0.25, 0.3) is 5.91 Å². The maximum Gasteiger partial charge on any atom is 0.253 e. The molecule has 24 heavy (non-hydrogen) atoms. The number of rotatable bonds is 5. The maximum absolute atomic E-state index is 13.5. The van der Waals surface area contributed by atoms with Crippen LogP contribution in [0.5, 0.6) is 0 Å². The molecule has 0 aromatic heterocycles. The van der Waals surface area contributed by atoms with E-state index < -0.39 is 11.9 Å². The first-order valence-corrected chi connectivity index (χ1v) is 7.84. The SMILES string of the molecule is Cc1ccc(CNC(=O)[C@H](C)NC(=O)c2ccccc2Cl)cc1F. The molecule has 0 spiro atoms. The van der Waals surface area contributed by atoms with E-state index >= 15 is 0 Å². The molecule has 0 bridgehead atoms. The van der Waals surface area contributed by atoms with E-state index in [9.17, 15) is 14.0 Å². The number of halogens is 2. The number of benzene rings is 2. The standard InChI is InChI=1S/C18H18ClFN2O2/c1-11-7-8-13(9-16(11)20)10-21-17(23)12(2)22-18(24)14-5-3-4-6-15(14)19/h3-9,12H,10H2,1-2H3,(H,21,23)(H,22,24)/t12-/m0/s1. The summed E-state index contributed by atoms with van der Waals surface area (Å²) < 4.78 is 13.5. The highest BCUT2D eigenvalue weighted by molar-refractivity contribution is 6.33. The predicted molar refractivity (Wildman–Crippen MR) is 91.4 cm³/mol. The van der Waals surface area contributed by atoms with Gasteiger partial charge in [-0.05, 0) is 43.2 Å². The Morgan fingerprint density at radius 2 is 1.92 bits per heavy atom. The number of nitrogens with one attached hydrogen (secondary N) is 2. The monoisotopic (exact) mass is 348 g/mol. The summed E-state index contributed by atoms with van der Waals surface area (Å²) in [4.78, 5) is 24.2. The van der Waals surface area contributed by atoms with E-state index in [-0.39, 0.29) is 18.3 Å². The van der Waals surface area contributed by atoms with E-state index in [1.54, 1.807) is 50.2 Å². The summed E-state index contributed by atoms with van der Waals surface area (Å²) in [6.45, 7) is 3.42. The van der Waals surface area contributed by atoms with Gasteiger partial charge in [0.1, 0.15) is 11.9 Å². The molecule has 0 fully saturated rings. The predicted octanol–water partition coefficient (Wildman–Crippen LogP) is 3.22. The lowest BCUT2D eigenvalue weighted by Gasteiger charge is -2.15. The van der Waals surface area contributed by atoms with Crippen molar-refractivity contribution >= 4 is 23.4 Å². The van der Waals surface area contributed by atoms with Gasteiger partial charge in [0.05, 0.1) is 10.6 Å². The second-order valence-electron chi connectivity index (χ2n) is 5.48. The molecule has 0 radical (unpaired) electrons. The zero-order chi connectivity index (χ0) is 17.7. The minimum atomic E-state index is -0.746. The zero-order valence-electron chi connectivity index (χ0n) is 13.4. The van der Waals surface area contributed by atoms with Crippen molar-refractivity contribution in [3.05, 3.63) is 70.0 Å². The Bertz CT molecular complexity index is 764. The lowest BCUT2D eigenvalue weighted by molar-refractivity contribution is -0.122. The molecule has 0 aliphatic heterocycles. The highest BCUT2D eigenvalue weighted by Gasteiger charge is 2.17. The normalized spacial score (nSPS) is 11.7. The van der Waals surface area contributed by atoms with Crippen LogP contribution in [0, 0.1) is 12.7 Å². The summed E-state index contributed by atoms with van der Waals surface area (Å²) in [5.41, 5.74) is 1.50. The van der Waals surface area contributed by atoms with E-state index in [1.165, 1.54) is 6.07 Å². The van der Waals surface area contributed by atoms with Gasteiger partial charge in [-0.25, -0.2) is 4.39 Å². The second kappa shape index (κ2) is 7.93. The maximum atomic E-state index is 13.5. The van der Waals surface area contributed by atoms with Gasteiger partial charge in [-0.1, -0.05) is 35.9 Å². The fourth-order valence-corrected chi connectivity index (χ4v) is 2.30. The fourth-order valence-electron chi connectivity index (χ4n) is 2.07. The lowest BCUT2D eigenvalue weighted by atomic mass is 10.1. The molecule has 2 amide bonds. The van der Waals surface area contributed by atoms with Crippen LogP contribution < -0.4 is 10.6 Å². The molecule has 1 atom stereocenters. The van der Waals surface area contributed by atoms with E-state index in [1.807, 2.05) is 0 Å². The van der Waals surface area contributed by atoms with Crippen molar-refractivity contribution in [1.29, 1.82) is 0 Å². The second-order valence-corrected chi connectivity index (χ2v) is 5.88. The van der Waals surface area contributed by atoms with Gasteiger partial charge in [-0.2, -0.15) is 0 Å². The molecule has 0 aliphatic carbocycles. The van der Waals surface area contributed by atoms with Gasteiger partial charge < -0.3 is 10.6 Å². The minimum absolute atomic E-state index is 0.183. The summed E-state index contributed by atoms with van der Waals surface area (Å²) >= 11 is 5.95. The Balaban J connectivity index is 1.91. The smallest absolute Gasteiger partial charge is 0.253 e. The summed E-state index contributed by atoms with van der Waals surface area (Å²) in [5, 5.41) is 5.56. The van der Waals surface area contributed by atoms with Crippen LogP contribution in [0.3, 0.4) is 0 Å². The fraction of sp³-hybridized carbons (Fsp3) is 0.222. The topological polar surface area (TPSA) is 58.2 Å². The Kier molecular flexibility index (Phi) is 5.93. The van der Waals surface area contributed by atoms with Crippen LogP contribution in [0.4, 0.5) is 4.39 Å². The van der Waals surface area contributed by atoms with E-state index in [0.29, 0.717) is 21.7 Å². The van der Waals surface area contributed by atoms with Crippen molar-refractivity contribution in [2.45, 2.75) is 26.4 Å². The Hall–Kier alpha value is -2.40. The molecule has 0 heterocycles. The first kappa shape index (κ1) is 17.9. The summed E-state index contributed by atoms with van der Waals surface area (Å²) in [6, 6.07) is 10.6. The average Bonchev–Trinajstić information content (AvgIpc) is 2.55. The van der Waals surface area contributed by atoms with Crippen LogP contribution >= 0.6 is 11.6 Å². The summed E-state index contributed by atoms with van der Waals surface area (Å²) in [6.07, 6.45) is 0. The molecule has 2 aromatic rings. The van der Waals surface area contributed by atoms with Crippen LogP contribution in [-0.2, 0) is 11.3 Å². The van der Waals surface area contributed by atoms with Crippen molar-refractivity contribution in [3.63, 3.8) is 0 Å². The first-order valence-electron chi connectivity index (χ1n) is 7.46. The Morgan fingerprint density at radius 1 is 1.21 bits per heavy atom. The highest BCUT2D eigenvalue weighted by Crippen LogP contribution is 2.14. The number of hydrogen-bond acceptors (Lipinski definition) is 2. The highest BCUT2D eigenvalue weighted by atomic mass is 35.5. The number of carbonyl (C=O) groups is 2. The molecule has 0 aliphatic rings. The quantitative estimate of drug-likeness (QED) is 0.871. The van der Waals surface area contributed by atoms with Gasteiger partial charge >= 0.3 is 0 Å². The van der Waals surface area contributed by atoms with Gasteiger partial charge in [-0.15, -0.1) is 0 Å². The number of aryl methyl sites for hydroxylation is 1. The third-order valence-electron chi connectivity index (χ3n) is 3.56. The zero-order valence-corrected chi connectivity index (χ0v) is 14.2. The molecular formula is C18H18ClFN2O2. The van der Waals surface area contributed by atoms with Gasteiger partial charge in [-0.3, -0.25) is 9.59 Å². The van der Waals surface area contributed by atoms with E-state index in [4.69, 9.17) is 11.6 Å². The molecule has 0 saturated carbocycles. The molecule has 4 nitrogen and oxygen atoms in total. The van der Waals surface area contributed by atoms with Gasteiger partial charge in [0, 0.05) is 6.54 Å². The van der Waals surface area contributed by atoms with Crippen molar-refractivity contribution in [2.75, 3.05) is 0 Å². The molecule has 0 unspecified atom stereocenters. The molecule has 0 saturated heterocycles. The third kappa shape index (κ3) is 4.55. The number of carbonyl (C=O) groups excluding carboxylic acids is 2. The van der Waals surface area contributed by atoms with Crippen molar-refractivity contribution in [3.8, 4) is 0 Å².